The molecule has 98 valence electrons. The van der Waals surface area contributed by atoms with Crippen LogP contribution < -0.4 is 15.2 Å². The van der Waals surface area contributed by atoms with E-state index in [2.05, 4.69) is 4.98 Å². The van der Waals surface area contributed by atoms with Crippen molar-refractivity contribution in [2.45, 2.75) is 6.61 Å². The second-order valence-corrected chi connectivity index (χ2v) is 4.32. The zero-order chi connectivity index (χ0) is 13.7. The summed E-state index contributed by atoms with van der Waals surface area (Å²) in [5.74, 6) is 1.32. The molecule has 0 atom stereocenters. The smallest absolute Gasteiger partial charge is 0.214 e. The van der Waals surface area contributed by atoms with Crippen molar-refractivity contribution in [1.82, 2.24) is 4.98 Å². The highest BCUT2D eigenvalue weighted by molar-refractivity contribution is 7.80. The molecule has 0 aliphatic rings. The Balaban J connectivity index is 2.01. The Morgan fingerprint density at radius 2 is 2.00 bits per heavy atom. The SMILES string of the molecule is COc1ccc(COc2cc(C(N)=S)ccn2)cc1. The highest BCUT2D eigenvalue weighted by atomic mass is 32.1. The number of rotatable bonds is 5. The summed E-state index contributed by atoms with van der Waals surface area (Å²) in [7, 11) is 1.64. The average Bonchev–Trinajstić information content (AvgIpc) is 2.46. The lowest BCUT2D eigenvalue weighted by molar-refractivity contribution is 0.293. The first-order valence-electron chi connectivity index (χ1n) is 5.70. The van der Waals surface area contributed by atoms with E-state index in [4.69, 9.17) is 27.4 Å². The van der Waals surface area contributed by atoms with Gasteiger partial charge >= 0.3 is 0 Å². The number of hydrogen-bond donors (Lipinski definition) is 1. The van der Waals surface area contributed by atoms with E-state index in [0.29, 0.717) is 17.5 Å². The molecule has 19 heavy (non-hydrogen) atoms. The number of nitrogens with zero attached hydrogens (tertiary/aromatic N) is 1. The second-order valence-electron chi connectivity index (χ2n) is 3.88. The van der Waals surface area contributed by atoms with Gasteiger partial charge < -0.3 is 15.2 Å². The zero-order valence-electron chi connectivity index (χ0n) is 10.5. The van der Waals surface area contributed by atoms with Gasteiger partial charge in [-0.3, -0.25) is 0 Å². The Labute approximate surface area is 117 Å². The lowest BCUT2D eigenvalue weighted by Crippen LogP contribution is -2.09. The Kier molecular flexibility index (Phi) is 4.30. The number of hydrogen-bond acceptors (Lipinski definition) is 4. The first-order chi connectivity index (χ1) is 9.19. The lowest BCUT2D eigenvalue weighted by atomic mass is 10.2. The standard InChI is InChI=1S/C14H14N2O2S/c1-17-12-4-2-10(3-5-12)9-18-13-8-11(14(15)19)6-7-16-13/h2-8H,9H2,1H3,(H2,15,19). The molecule has 2 N–H and O–H groups in total. The van der Waals surface area contributed by atoms with E-state index in [9.17, 15) is 0 Å². The van der Waals surface area contributed by atoms with Crippen molar-refractivity contribution < 1.29 is 9.47 Å². The topological polar surface area (TPSA) is 57.4 Å². The van der Waals surface area contributed by atoms with Crippen molar-refractivity contribution in [1.29, 1.82) is 0 Å². The van der Waals surface area contributed by atoms with Crippen LogP contribution >= 0.6 is 12.2 Å². The minimum Gasteiger partial charge on any atom is -0.497 e. The Morgan fingerprint density at radius 1 is 1.26 bits per heavy atom. The summed E-state index contributed by atoms with van der Waals surface area (Å²) < 4.78 is 10.7. The van der Waals surface area contributed by atoms with E-state index in [0.717, 1.165) is 16.9 Å². The van der Waals surface area contributed by atoms with Crippen LogP contribution in [0.2, 0.25) is 0 Å². The van der Waals surface area contributed by atoms with Gasteiger partial charge in [0.1, 0.15) is 17.3 Å². The summed E-state index contributed by atoms with van der Waals surface area (Å²) in [6.45, 7) is 0.428. The molecule has 2 rings (SSSR count). The Bertz CT molecular complexity index is 570. The molecular formula is C14H14N2O2S. The molecule has 0 aliphatic carbocycles. The molecule has 0 amide bonds. The number of benzene rings is 1. The van der Waals surface area contributed by atoms with Gasteiger partial charge in [-0.15, -0.1) is 0 Å². The van der Waals surface area contributed by atoms with Crippen molar-refractivity contribution in [2.24, 2.45) is 5.73 Å². The normalized spacial score (nSPS) is 9.95. The summed E-state index contributed by atoms with van der Waals surface area (Å²) >= 11 is 4.91. The van der Waals surface area contributed by atoms with Crippen LogP contribution in [-0.4, -0.2) is 17.1 Å². The van der Waals surface area contributed by atoms with Crippen LogP contribution in [0.15, 0.2) is 42.6 Å². The number of methoxy groups -OCH3 is 1. The molecule has 1 aromatic heterocycles. The number of pyridine rings is 1. The van der Waals surface area contributed by atoms with E-state index >= 15 is 0 Å². The molecule has 5 heteroatoms. The summed E-state index contributed by atoms with van der Waals surface area (Å²) in [5.41, 5.74) is 7.33. The molecule has 0 saturated heterocycles. The molecule has 0 spiro atoms. The van der Waals surface area contributed by atoms with Gasteiger partial charge in [-0.1, -0.05) is 24.4 Å². The molecule has 1 aromatic carbocycles. The van der Waals surface area contributed by atoms with Crippen molar-refractivity contribution in [2.75, 3.05) is 7.11 Å². The molecule has 2 aromatic rings. The summed E-state index contributed by atoms with van der Waals surface area (Å²) in [6.07, 6.45) is 1.62. The van der Waals surface area contributed by atoms with Gasteiger partial charge in [-0.2, -0.15) is 0 Å². The number of ether oxygens (including phenoxy) is 2. The monoisotopic (exact) mass is 274 g/mol. The van der Waals surface area contributed by atoms with Crippen molar-refractivity contribution >= 4 is 17.2 Å². The molecule has 0 bridgehead atoms. The summed E-state index contributed by atoms with van der Waals surface area (Å²) in [4.78, 5) is 4.44. The number of nitrogens with two attached hydrogens (primary N) is 1. The fourth-order valence-corrected chi connectivity index (χ4v) is 1.65. The van der Waals surface area contributed by atoms with Gasteiger partial charge in [0.25, 0.3) is 0 Å². The minimum atomic E-state index is 0.330. The maximum atomic E-state index is 5.59. The molecular weight excluding hydrogens is 260 g/mol. The van der Waals surface area contributed by atoms with E-state index in [-0.39, 0.29) is 0 Å². The van der Waals surface area contributed by atoms with Gasteiger partial charge in [0.15, 0.2) is 0 Å². The Morgan fingerprint density at radius 3 is 2.63 bits per heavy atom. The van der Waals surface area contributed by atoms with Gasteiger partial charge in [0, 0.05) is 17.8 Å². The van der Waals surface area contributed by atoms with Gasteiger partial charge in [-0.25, -0.2) is 4.98 Å². The molecule has 0 aliphatic heterocycles. The van der Waals surface area contributed by atoms with E-state index in [1.54, 1.807) is 25.4 Å². The first-order valence-corrected chi connectivity index (χ1v) is 6.11. The molecule has 1 heterocycles. The maximum Gasteiger partial charge on any atom is 0.214 e. The zero-order valence-corrected chi connectivity index (χ0v) is 11.3. The predicted molar refractivity (Wildman–Crippen MR) is 77.5 cm³/mol. The summed E-state index contributed by atoms with van der Waals surface area (Å²) in [6, 6.07) is 11.1. The van der Waals surface area contributed by atoms with Crippen LogP contribution in [0, 0.1) is 0 Å². The molecule has 0 saturated carbocycles. The third kappa shape index (κ3) is 3.66. The third-order valence-electron chi connectivity index (χ3n) is 2.57. The van der Waals surface area contributed by atoms with Crippen molar-refractivity contribution in [3.8, 4) is 11.6 Å². The van der Waals surface area contributed by atoms with Gasteiger partial charge in [0.2, 0.25) is 5.88 Å². The molecule has 4 nitrogen and oxygen atoms in total. The van der Waals surface area contributed by atoms with Crippen LogP contribution in [0.5, 0.6) is 11.6 Å². The molecule has 0 radical (unpaired) electrons. The fraction of sp³-hybridized carbons (Fsp3) is 0.143. The predicted octanol–water partition coefficient (Wildman–Crippen LogP) is 2.30. The molecule has 0 fully saturated rings. The van der Waals surface area contributed by atoms with Crippen LogP contribution in [-0.2, 0) is 6.61 Å². The van der Waals surface area contributed by atoms with E-state index in [1.807, 2.05) is 24.3 Å². The van der Waals surface area contributed by atoms with Crippen molar-refractivity contribution in [3.63, 3.8) is 0 Å². The van der Waals surface area contributed by atoms with Crippen LogP contribution in [0.3, 0.4) is 0 Å². The lowest BCUT2D eigenvalue weighted by Gasteiger charge is -2.07. The van der Waals surface area contributed by atoms with Crippen LogP contribution in [0.25, 0.3) is 0 Å². The average molecular weight is 274 g/mol. The second kappa shape index (κ2) is 6.15. The van der Waals surface area contributed by atoms with Gasteiger partial charge in [-0.05, 0) is 23.8 Å². The fourth-order valence-electron chi connectivity index (χ4n) is 1.52. The maximum absolute atomic E-state index is 5.59. The van der Waals surface area contributed by atoms with Crippen LogP contribution in [0.1, 0.15) is 11.1 Å². The largest absolute Gasteiger partial charge is 0.497 e. The van der Waals surface area contributed by atoms with E-state index in [1.165, 1.54) is 0 Å². The number of aromatic nitrogens is 1. The third-order valence-corrected chi connectivity index (χ3v) is 2.80. The first kappa shape index (κ1) is 13.3. The summed E-state index contributed by atoms with van der Waals surface area (Å²) in [5, 5.41) is 0. The van der Waals surface area contributed by atoms with Crippen molar-refractivity contribution in [3.05, 3.63) is 53.7 Å². The number of thiocarbonyl (C=S) groups is 1. The van der Waals surface area contributed by atoms with E-state index < -0.39 is 0 Å². The van der Waals surface area contributed by atoms with Gasteiger partial charge in [0.05, 0.1) is 7.11 Å². The Hall–Kier alpha value is -2.14. The minimum absolute atomic E-state index is 0.330. The quantitative estimate of drug-likeness (QED) is 0.848. The highest BCUT2D eigenvalue weighted by Gasteiger charge is 2.01. The van der Waals surface area contributed by atoms with Crippen LogP contribution in [0.4, 0.5) is 0 Å². The highest BCUT2D eigenvalue weighted by Crippen LogP contribution is 2.14. The molecule has 0 unspecified atom stereocenters.